The van der Waals surface area contributed by atoms with Gasteiger partial charge in [-0.3, -0.25) is 0 Å². The first-order chi connectivity index (χ1) is 10.8. The van der Waals surface area contributed by atoms with E-state index >= 15 is 0 Å². The molecule has 0 spiro atoms. The van der Waals surface area contributed by atoms with Crippen LogP contribution in [0.3, 0.4) is 0 Å². The topological polar surface area (TPSA) is 0 Å². The van der Waals surface area contributed by atoms with Crippen molar-refractivity contribution in [2.24, 2.45) is 5.92 Å². The lowest BCUT2D eigenvalue weighted by molar-refractivity contribution is 0.440. The predicted octanol–water partition coefficient (Wildman–Crippen LogP) is 8.68. The molecule has 0 heterocycles. The molecule has 0 aromatic heterocycles. The van der Waals surface area contributed by atoms with Crippen molar-refractivity contribution in [2.45, 2.75) is 136 Å². The van der Waals surface area contributed by atoms with Gasteiger partial charge in [-0.15, -0.1) is 0 Å². The molecule has 0 aromatic rings. The zero-order valence-electron chi connectivity index (χ0n) is 16.3. The average Bonchev–Trinajstić information content (AvgIpc) is 2.53. The van der Waals surface area contributed by atoms with Gasteiger partial charge in [0.25, 0.3) is 0 Å². The third-order valence-electron chi connectivity index (χ3n) is 5.10. The Hall–Kier alpha value is 0. The Labute approximate surface area is 142 Å². The zero-order valence-corrected chi connectivity index (χ0v) is 16.3. The Morgan fingerprint density at radius 1 is 0.409 bits per heavy atom. The summed E-state index contributed by atoms with van der Waals surface area (Å²) in [6.45, 7) is 7.05. The van der Waals surface area contributed by atoms with Crippen molar-refractivity contribution in [1.82, 2.24) is 0 Å². The molecule has 0 saturated carbocycles. The number of hydrogen-bond acceptors (Lipinski definition) is 0. The number of hydrogen-bond donors (Lipinski definition) is 0. The Balaban J connectivity index is 3.02. The lowest BCUT2D eigenvalue weighted by atomic mass is 9.97. The van der Waals surface area contributed by atoms with Gasteiger partial charge < -0.3 is 0 Å². The van der Waals surface area contributed by atoms with E-state index in [1.807, 2.05) is 0 Å². The summed E-state index contributed by atoms with van der Waals surface area (Å²) in [7, 11) is 0. The van der Waals surface area contributed by atoms with E-state index in [0.717, 1.165) is 5.92 Å². The first-order valence-electron chi connectivity index (χ1n) is 10.8. The van der Waals surface area contributed by atoms with Gasteiger partial charge in [-0.1, -0.05) is 136 Å². The molecule has 0 radical (unpaired) electrons. The smallest absolute Gasteiger partial charge is 0.0443 e. The summed E-state index contributed by atoms with van der Waals surface area (Å²) in [4.78, 5) is 0. The average molecular weight is 311 g/mol. The van der Waals surface area contributed by atoms with Gasteiger partial charge in [-0.05, 0) is 5.92 Å². The molecular formula is C22H46. The summed E-state index contributed by atoms with van der Waals surface area (Å²) in [5, 5.41) is 0. The Kier molecular flexibility index (Phi) is 19.0. The normalized spacial score (nSPS) is 12.7. The van der Waals surface area contributed by atoms with Gasteiger partial charge >= 0.3 is 0 Å². The Morgan fingerprint density at radius 2 is 0.727 bits per heavy atom. The van der Waals surface area contributed by atoms with Crippen LogP contribution in [0.25, 0.3) is 0 Å². The van der Waals surface area contributed by atoms with E-state index in [9.17, 15) is 0 Å². The third kappa shape index (κ3) is 18.1. The maximum atomic E-state index is 2.44. The largest absolute Gasteiger partial charge is 0.0654 e. The molecule has 1 unspecified atom stereocenters. The molecule has 0 amide bonds. The van der Waals surface area contributed by atoms with Crippen molar-refractivity contribution in [2.75, 3.05) is 0 Å². The van der Waals surface area contributed by atoms with Crippen LogP contribution in [0, 0.1) is 5.92 Å². The summed E-state index contributed by atoms with van der Waals surface area (Å²) in [5.74, 6) is 0.970. The molecule has 0 fully saturated rings. The van der Waals surface area contributed by atoms with Crippen LogP contribution in [0.5, 0.6) is 0 Å². The van der Waals surface area contributed by atoms with E-state index < -0.39 is 0 Å². The highest BCUT2D eigenvalue weighted by Gasteiger charge is 2.01. The van der Waals surface area contributed by atoms with E-state index in [0.29, 0.717) is 0 Å². The van der Waals surface area contributed by atoms with Crippen LogP contribution in [0.4, 0.5) is 0 Å². The minimum atomic E-state index is 0.970. The fourth-order valence-corrected chi connectivity index (χ4v) is 3.38. The van der Waals surface area contributed by atoms with Gasteiger partial charge in [0.05, 0.1) is 0 Å². The second-order valence-electron chi connectivity index (χ2n) is 7.63. The van der Waals surface area contributed by atoms with Crippen LogP contribution in [0.2, 0.25) is 0 Å². The summed E-state index contributed by atoms with van der Waals surface area (Å²) >= 11 is 0. The number of rotatable bonds is 18. The molecule has 0 rings (SSSR count). The molecule has 1 atom stereocenters. The summed E-state index contributed by atoms with van der Waals surface area (Å²) in [6.07, 6.45) is 26.3. The molecule has 0 aromatic carbocycles. The van der Waals surface area contributed by atoms with Gasteiger partial charge in [0.2, 0.25) is 0 Å². The van der Waals surface area contributed by atoms with Crippen molar-refractivity contribution in [1.29, 1.82) is 0 Å². The molecule has 22 heavy (non-hydrogen) atoms. The SMILES string of the molecule is CCCCCCCCCCCCCCCCC(C)CCCC. The maximum Gasteiger partial charge on any atom is -0.0443 e. The molecule has 0 aliphatic heterocycles. The van der Waals surface area contributed by atoms with Gasteiger partial charge in [0, 0.05) is 0 Å². The van der Waals surface area contributed by atoms with Crippen LogP contribution in [-0.2, 0) is 0 Å². The molecule has 0 N–H and O–H groups in total. The highest BCUT2D eigenvalue weighted by Crippen LogP contribution is 2.17. The summed E-state index contributed by atoms with van der Waals surface area (Å²) in [6, 6.07) is 0. The maximum absolute atomic E-state index is 2.44. The Morgan fingerprint density at radius 3 is 1.14 bits per heavy atom. The quantitative estimate of drug-likeness (QED) is 0.222. The van der Waals surface area contributed by atoms with Gasteiger partial charge in [0.1, 0.15) is 0 Å². The molecular weight excluding hydrogens is 264 g/mol. The van der Waals surface area contributed by atoms with Crippen molar-refractivity contribution in [3.8, 4) is 0 Å². The van der Waals surface area contributed by atoms with Crippen molar-refractivity contribution >= 4 is 0 Å². The van der Waals surface area contributed by atoms with Crippen LogP contribution in [0.1, 0.15) is 136 Å². The van der Waals surface area contributed by atoms with E-state index in [4.69, 9.17) is 0 Å². The van der Waals surface area contributed by atoms with Gasteiger partial charge in [0.15, 0.2) is 0 Å². The summed E-state index contributed by atoms with van der Waals surface area (Å²) in [5.41, 5.74) is 0. The van der Waals surface area contributed by atoms with Crippen molar-refractivity contribution in [3.63, 3.8) is 0 Å². The first-order valence-corrected chi connectivity index (χ1v) is 10.8. The van der Waals surface area contributed by atoms with E-state index in [2.05, 4.69) is 20.8 Å². The first kappa shape index (κ1) is 22.0. The molecule has 0 heteroatoms. The van der Waals surface area contributed by atoms with Crippen LogP contribution in [0.15, 0.2) is 0 Å². The molecule has 0 aliphatic carbocycles. The second-order valence-corrected chi connectivity index (χ2v) is 7.63. The molecule has 0 nitrogen and oxygen atoms in total. The minimum absolute atomic E-state index is 0.970. The predicted molar refractivity (Wildman–Crippen MR) is 104 cm³/mol. The van der Waals surface area contributed by atoms with Gasteiger partial charge in [-0.25, -0.2) is 0 Å². The standard InChI is InChI=1S/C22H46/c1-4-6-8-9-10-11-12-13-14-15-16-17-18-19-21-22(3)20-7-5-2/h22H,4-21H2,1-3H3. The minimum Gasteiger partial charge on any atom is -0.0654 e. The van der Waals surface area contributed by atoms with Crippen LogP contribution >= 0.6 is 0 Å². The monoisotopic (exact) mass is 310 g/mol. The zero-order chi connectivity index (χ0) is 16.3. The lowest BCUT2D eigenvalue weighted by Gasteiger charge is -2.10. The highest BCUT2D eigenvalue weighted by molar-refractivity contribution is 4.54. The van der Waals surface area contributed by atoms with E-state index in [-0.39, 0.29) is 0 Å². The number of unbranched alkanes of at least 4 members (excludes halogenated alkanes) is 14. The molecule has 0 bridgehead atoms. The third-order valence-corrected chi connectivity index (χ3v) is 5.10. The van der Waals surface area contributed by atoms with Gasteiger partial charge in [-0.2, -0.15) is 0 Å². The van der Waals surface area contributed by atoms with Crippen LogP contribution in [-0.4, -0.2) is 0 Å². The fraction of sp³-hybridized carbons (Fsp3) is 1.00. The van der Waals surface area contributed by atoms with Crippen LogP contribution < -0.4 is 0 Å². The Bertz CT molecular complexity index is 184. The highest BCUT2D eigenvalue weighted by atomic mass is 14.1. The molecule has 0 saturated heterocycles. The van der Waals surface area contributed by atoms with Crippen molar-refractivity contribution in [3.05, 3.63) is 0 Å². The lowest BCUT2D eigenvalue weighted by Crippen LogP contribution is -1.94. The molecule has 0 aliphatic rings. The molecule has 134 valence electrons. The van der Waals surface area contributed by atoms with Crippen molar-refractivity contribution < 1.29 is 0 Å². The van der Waals surface area contributed by atoms with E-state index in [1.54, 1.807) is 0 Å². The van der Waals surface area contributed by atoms with E-state index in [1.165, 1.54) is 116 Å². The summed E-state index contributed by atoms with van der Waals surface area (Å²) < 4.78 is 0. The fourth-order valence-electron chi connectivity index (χ4n) is 3.38. The second kappa shape index (κ2) is 19.0.